The van der Waals surface area contributed by atoms with Crippen LogP contribution in [0.3, 0.4) is 0 Å². The molecule has 0 aromatic rings. The summed E-state index contributed by atoms with van der Waals surface area (Å²) in [4.78, 5) is 0. The lowest BCUT2D eigenvalue weighted by molar-refractivity contribution is -0.0543. The molecule has 0 aromatic carbocycles. The summed E-state index contributed by atoms with van der Waals surface area (Å²) in [6, 6.07) is 0.309. The number of piperidine rings is 1. The summed E-state index contributed by atoms with van der Waals surface area (Å²) in [5.74, 6) is 0.810. The van der Waals surface area contributed by atoms with E-state index in [1.807, 2.05) is 6.92 Å². The Hall–Kier alpha value is -0.0800. The van der Waals surface area contributed by atoms with Gasteiger partial charge in [0.25, 0.3) is 0 Å². The molecule has 0 amide bonds. The van der Waals surface area contributed by atoms with Crippen LogP contribution >= 0.6 is 0 Å². The molecule has 15 heavy (non-hydrogen) atoms. The summed E-state index contributed by atoms with van der Waals surface area (Å²) in [6.07, 6.45) is 6.06. The Kier molecular flexibility index (Phi) is 2.85. The fraction of sp³-hybridized carbons (Fsp3) is 1.00. The minimum atomic E-state index is -0.513. The Balaban J connectivity index is 2.03. The Morgan fingerprint density at radius 1 is 1.47 bits per heavy atom. The molecule has 1 saturated heterocycles. The lowest BCUT2D eigenvalue weighted by atomic mass is 9.75. The van der Waals surface area contributed by atoms with Gasteiger partial charge in [0.15, 0.2) is 0 Å². The fourth-order valence-corrected chi connectivity index (χ4v) is 2.91. The fourth-order valence-electron chi connectivity index (χ4n) is 2.91. The Bertz CT molecular complexity index is 233. The molecule has 2 nitrogen and oxygen atoms in total. The molecule has 1 aliphatic heterocycles. The van der Waals surface area contributed by atoms with Gasteiger partial charge >= 0.3 is 0 Å². The standard InChI is InChI=1S/C13H25NO/c1-4-10-5-8-14-11(9-10)13(3,15)12(2)6-7-12/h10-11,14-15H,4-9H2,1-3H3. The molecule has 1 heterocycles. The molecule has 2 aliphatic rings. The maximum atomic E-state index is 10.7. The molecule has 0 radical (unpaired) electrons. The topological polar surface area (TPSA) is 32.3 Å². The third kappa shape index (κ3) is 1.94. The van der Waals surface area contributed by atoms with Gasteiger partial charge < -0.3 is 10.4 Å². The zero-order valence-corrected chi connectivity index (χ0v) is 10.3. The highest BCUT2D eigenvalue weighted by Crippen LogP contribution is 2.55. The van der Waals surface area contributed by atoms with Gasteiger partial charge in [0.05, 0.1) is 5.60 Å². The van der Waals surface area contributed by atoms with Crippen LogP contribution in [0, 0.1) is 11.3 Å². The molecule has 3 atom stereocenters. The molecule has 0 aromatic heterocycles. The van der Waals surface area contributed by atoms with E-state index in [-0.39, 0.29) is 5.41 Å². The Morgan fingerprint density at radius 2 is 2.13 bits per heavy atom. The number of hydrogen-bond acceptors (Lipinski definition) is 2. The predicted octanol–water partition coefficient (Wildman–Crippen LogP) is 2.32. The van der Waals surface area contributed by atoms with E-state index in [1.54, 1.807) is 0 Å². The molecular weight excluding hydrogens is 186 g/mol. The summed E-state index contributed by atoms with van der Waals surface area (Å²) >= 11 is 0. The van der Waals surface area contributed by atoms with Crippen LogP contribution in [0.15, 0.2) is 0 Å². The lowest BCUT2D eigenvalue weighted by Gasteiger charge is -2.43. The van der Waals surface area contributed by atoms with Crippen molar-refractivity contribution in [1.82, 2.24) is 5.32 Å². The number of rotatable bonds is 3. The zero-order valence-electron chi connectivity index (χ0n) is 10.3. The van der Waals surface area contributed by atoms with E-state index in [2.05, 4.69) is 19.2 Å². The second-order valence-electron chi connectivity index (χ2n) is 6.01. The first-order valence-corrected chi connectivity index (χ1v) is 6.45. The van der Waals surface area contributed by atoms with E-state index in [0.717, 1.165) is 18.9 Å². The first-order valence-electron chi connectivity index (χ1n) is 6.45. The summed E-state index contributed by atoms with van der Waals surface area (Å²) in [5, 5.41) is 14.2. The predicted molar refractivity (Wildman–Crippen MR) is 62.8 cm³/mol. The molecule has 3 unspecified atom stereocenters. The van der Waals surface area contributed by atoms with Crippen LogP contribution in [0.5, 0.6) is 0 Å². The molecular formula is C13H25NO. The van der Waals surface area contributed by atoms with E-state index in [4.69, 9.17) is 0 Å². The van der Waals surface area contributed by atoms with Gasteiger partial charge in [0.2, 0.25) is 0 Å². The van der Waals surface area contributed by atoms with Crippen LogP contribution in [0.1, 0.15) is 52.9 Å². The van der Waals surface area contributed by atoms with Crippen molar-refractivity contribution < 1.29 is 5.11 Å². The van der Waals surface area contributed by atoms with Crippen molar-refractivity contribution in [2.75, 3.05) is 6.54 Å². The highest BCUT2D eigenvalue weighted by molar-refractivity contribution is 5.09. The van der Waals surface area contributed by atoms with Crippen LogP contribution in [-0.2, 0) is 0 Å². The quantitative estimate of drug-likeness (QED) is 0.751. The number of hydrogen-bond donors (Lipinski definition) is 2. The van der Waals surface area contributed by atoms with E-state index in [1.165, 1.54) is 25.7 Å². The number of nitrogens with one attached hydrogen (secondary N) is 1. The lowest BCUT2D eigenvalue weighted by Crippen LogP contribution is -2.56. The van der Waals surface area contributed by atoms with E-state index < -0.39 is 5.60 Å². The maximum absolute atomic E-state index is 10.7. The van der Waals surface area contributed by atoms with Crippen LogP contribution in [0.4, 0.5) is 0 Å². The van der Waals surface area contributed by atoms with Crippen LogP contribution in [0.25, 0.3) is 0 Å². The molecule has 2 N–H and O–H groups in total. The molecule has 1 aliphatic carbocycles. The van der Waals surface area contributed by atoms with Crippen LogP contribution in [0.2, 0.25) is 0 Å². The van der Waals surface area contributed by atoms with Gasteiger partial charge in [-0.2, -0.15) is 0 Å². The Morgan fingerprint density at radius 3 is 2.67 bits per heavy atom. The van der Waals surface area contributed by atoms with Crippen LogP contribution in [-0.4, -0.2) is 23.3 Å². The van der Waals surface area contributed by atoms with Crippen molar-refractivity contribution in [1.29, 1.82) is 0 Å². The van der Waals surface area contributed by atoms with Gasteiger partial charge in [-0.15, -0.1) is 0 Å². The average Bonchev–Trinajstić information content (AvgIpc) is 2.98. The summed E-state index contributed by atoms with van der Waals surface area (Å²) < 4.78 is 0. The van der Waals surface area contributed by atoms with Crippen molar-refractivity contribution in [2.24, 2.45) is 11.3 Å². The van der Waals surface area contributed by atoms with Gasteiger partial charge in [0, 0.05) is 6.04 Å². The molecule has 2 rings (SSSR count). The molecule has 0 bridgehead atoms. The SMILES string of the molecule is CCC1CCNC(C(C)(O)C2(C)CC2)C1. The van der Waals surface area contributed by atoms with E-state index >= 15 is 0 Å². The number of aliphatic hydroxyl groups is 1. The normalized spacial score (nSPS) is 38.4. The summed E-state index contributed by atoms with van der Waals surface area (Å²) in [5.41, 5.74) is -0.332. The average molecular weight is 211 g/mol. The second-order valence-corrected chi connectivity index (χ2v) is 6.01. The smallest absolute Gasteiger partial charge is 0.0825 e. The van der Waals surface area contributed by atoms with Crippen molar-refractivity contribution in [3.63, 3.8) is 0 Å². The minimum absolute atomic E-state index is 0.181. The molecule has 2 fully saturated rings. The largest absolute Gasteiger partial charge is 0.388 e. The molecule has 0 spiro atoms. The highest BCUT2D eigenvalue weighted by Gasteiger charge is 2.56. The monoisotopic (exact) mass is 211 g/mol. The van der Waals surface area contributed by atoms with E-state index in [9.17, 15) is 5.11 Å². The summed E-state index contributed by atoms with van der Waals surface area (Å²) in [7, 11) is 0. The van der Waals surface area contributed by atoms with Crippen molar-refractivity contribution in [3.8, 4) is 0 Å². The van der Waals surface area contributed by atoms with Gasteiger partial charge in [-0.25, -0.2) is 0 Å². The van der Waals surface area contributed by atoms with Gasteiger partial charge in [-0.1, -0.05) is 20.3 Å². The first kappa shape index (κ1) is 11.4. The van der Waals surface area contributed by atoms with Crippen molar-refractivity contribution >= 4 is 0 Å². The van der Waals surface area contributed by atoms with E-state index in [0.29, 0.717) is 6.04 Å². The zero-order chi connectivity index (χ0) is 11.1. The van der Waals surface area contributed by atoms with Gasteiger partial charge in [-0.05, 0) is 50.5 Å². The minimum Gasteiger partial charge on any atom is -0.388 e. The molecule has 1 saturated carbocycles. The Labute approximate surface area is 93.5 Å². The molecule has 2 heteroatoms. The highest BCUT2D eigenvalue weighted by atomic mass is 16.3. The third-order valence-corrected chi connectivity index (χ3v) is 4.99. The van der Waals surface area contributed by atoms with Crippen molar-refractivity contribution in [2.45, 2.75) is 64.5 Å². The van der Waals surface area contributed by atoms with Crippen LogP contribution < -0.4 is 5.32 Å². The van der Waals surface area contributed by atoms with Crippen molar-refractivity contribution in [3.05, 3.63) is 0 Å². The maximum Gasteiger partial charge on any atom is 0.0825 e. The summed E-state index contributed by atoms with van der Waals surface area (Å²) in [6.45, 7) is 7.61. The molecule has 88 valence electrons. The second kappa shape index (κ2) is 3.74. The first-order chi connectivity index (χ1) is 6.99. The van der Waals surface area contributed by atoms with Gasteiger partial charge in [0.1, 0.15) is 0 Å². The third-order valence-electron chi connectivity index (χ3n) is 4.99. The van der Waals surface area contributed by atoms with Gasteiger partial charge in [-0.3, -0.25) is 0 Å².